The highest BCUT2D eigenvalue weighted by Gasteiger charge is 2.18. The smallest absolute Gasteiger partial charge is 0.234 e. The molecule has 1 amide bonds. The van der Waals surface area contributed by atoms with E-state index in [-0.39, 0.29) is 17.5 Å². The molecule has 1 aliphatic heterocycles. The van der Waals surface area contributed by atoms with Gasteiger partial charge in [0.2, 0.25) is 5.91 Å². The van der Waals surface area contributed by atoms with E-state index in [0.29, 0.717) is 53.5 Å². The van der Waals surface area contributed by atoms with Gasteiger partial charge in [0.15, 0.2) is 22.5 Å². The molecule has 0 atom stereocenters. The van der Waals surface area contributed by atoms with Crippen LogP contribution in [0.4, 0.5) is 10.1 Å². The summed E-state index contributed by atoms with van der Waals surface area (Å²) in [5.41, 5.74) is 0.962. The number of thioether (sulfide) groups is 1. The molecule has 9 heteroatoms. The average molecular weight is 426 g/mol. The van der Waals surface area contributed by atoms with E-state index in [2.05, 4.69) is 22.1 Å². The minimum Gasteiger partial charge on any atom is -0.486 e. The van der Waals surface area contributed by atoms with Gasteiger partial charge in [-0.25, -0.2) is 4.39 Å². The number of halogens is 1. The lowest BCUT2D eigenvalue weighted by Gasteiger charge is -2.19. The molecule has 2 heterocycles. The van der Waals surface area contributed by atoms with Crippen molar-refractivity contribution in [3.63, 3.8) is 0 Å². The zero-order valence-corrected chi connectivity index (χ0v) is 16.8. The Balaban J connectivity index is 1.45. The van der Waals surface area contributed by atoms with Gasteiger partial charge < -0.3 is 14.8 Å². The first kappa shape index (κ1) is 20.0. The largest absolute Gasteiger partial charge is 0.486 e. The van der Waals surface area contributed by atoms with Crippen LogP contribution in [0, 0.1) is 5.82 Å². The van der Waals surface area contributed by atoms with Gasteiger partial charge in [0, 0.05) is 18.3 Å². The Labute approximate surface area is 176 Å². The summed E-state index contributed by atoms with van der Waals surface area (Å²) < 4.78 is 26.9. The second-order valence-corrected chi connectivity index (χ2v) is 7.32. The van der Waals surface area contributed by atoms with Crippen LogP contribution in [-0.2, 0) is 11.3 Å². The fourth-order valence-corrected chi connectivity index (χ4v) is 3.73. The van der Waals surface area contributed by atoms with Crippen LogP contribution in [-0.4, -0.2) is 39.6 Å². The van der Waals surface area contributed by atoms with E-state index >= 15 is 0 Å². The van der Waals surface area contributed by atoms with Crippen molar-refractivity contribution in [1.29, 1.82) is 0 Å². The van der Waals surface area contributed by atoms with Crippen LogP contribution in [0.2, 0.25) is 0 Å². The van der Waals surface area contributed by atoms with Gasteiger partial charge in [-0.1, -0.05) is 30.0 Å². The summed E-state index contributed by atoms with van der Waals surface area (Å²) in [7, 11) is 0. The zero-order chi connectivity index (χ0) is 20.9. The number of carbonyl (C=O) groups is 1. The normalized spacial score (nSPS) is 12.4. The number of aromatic nitrogens is 3. The number of nitrogens with zero attached hydrogens (tertiary/aromatic N) is 3. The van der Waals surface area contributed by atoms with Gasteiger partial charge in [-0.05, 0) is 24.3 Å². The van der Waals surface area contributed by atoms with Crippen molar-refractivity contribution in [2.45, 2.75) is 11.7 Å². The van der Waals surface area contributed by atoms with Crippen LogP contribution < -0.4 is 14.8 Å². The number of benzene rings is 2. The number of allylic oxidation sites excluding steroid dienone is 1. The molecule has 0 spiro atoms. The van der Waals surface area contributed by atoms with E-state index in [4.69, 9.17) is 9.47 Å². The van der Waals surface area contributed by atoms with Crippen LogP contribution in [0.3, 0.4) is 0 Å². The van der Waals surface area contributed by atoms with Gasteiger partial charge in [-0.15, -0.1) is 16.8 Å². The lowest BCUT2D eigenvalue weighted by atomic mass is 10.2. The van der Waals surface area contributed by atoms with Crippen LogP contribution in [0.25, 0.3) is 11.4 Å². The first-order valence-electron chi connectivity index (χ1n) is 9.27. The molecule has 0 saturated heterocycles. The lowest BCUT2D eigenvalue weighted by molar-refractivity contribution is -0.113. The van der Waals surface area contributed by atoms with E-state index in [1.165, 1.54) is 17.8 Å². The van der Waals surface area contributed by atoms with Crippen molar-refractivity contribution >= 4 is 23.4 Å². The van der Waals surface area contributed by atoms with Crippen molar-refractivity contribution in [1.82, 2.24) is 14.8 Å². The zero-order valence-electron chi connectivity index (χ0n) is 16.0. The number of rotatable bonds is 7. The molecule has 0 saturated carbocycles. The lowest BCUT2D eigenvalue weighted by Crippen LogP contribution is -2.17. The summed E-state index contributed by atoms with van der Waals surface area (Å²) in [4.78, 5) is 12.4. The molecule has 154 valence electrons. The van der Waals surface area contributed by atoms with Gasteiger partial charge in [-0.3, -0.25) is 9.36 Å². The Kier molecular flexibility index (Phi) is 5.99. The predicted octanol–water partition coefficient (Wildman–Crippen LogP) is 3.77. The van der Waals surface area contributed by atoms with Crippen molar-refractivity contribution in [3.8, 4) is 22.9 Å². The standard InChI is InChI=1S/C21H19FN4O3S/c1-2-9-26-20(15-5-3-4-6-16(15)22)24-25-21(26)30-13-19(27)23-14-7-8-17-18(12-14)29-11-10-28-17/h2-8,12H,1,9-11,13H2,(H,23,27). The summed E-state index contributed by atoms with van der Waals surface area (Å²) in [6.45, 7) is 5.12. The van der Waals surface area contributed by atoms with Crippen molar-refractivity contribution in [2.75, 3.05) is 24.3 Å². The third-order valence-electron chi connectivity index (χ3n) is 4.30. The summed E-state index contributed by atoms with van der Waals surface area (Å²) in [6.07, 6.45) is 1.67. The molecule has 0 radical (unpaired) electrons. The van der Waals surface area contributed by atoms with E-state index in [0.717, 1.165) is 0 Å². The average Bonchev–Trinajstić information content (AvgIpc) is 3.15. The Hall–Kier alpha value is -3.33. The Morgan fingerprint density at radius 1 is 1.20 bits per heavy atom. The van der Waals surface area contributed by atoms with Crippen LogP contribution in [0.15, 0.2) is 60.3 Å². The van der Waals surface area contributed by atoms with E-state index in [1.54, 1.807) is 47.0 Å². The monoisotopic (exact) mass is 426 g/mol. The minimum absolute atomic E-state index is 0.112. The number of nitrogens with one attached hydrogen (secondary N) is 1. The fraction of sp³-hybridized carbons (Fsp3) is 0.190. The molecule has 2 aromatic carbocycles. The third kappa shape index (κ3) is 4.30. The maximum Gasteiger partial charge on any atom is 0.234 e. The van der Waals surface area contributed by atoms with Gasteiger partial charge >= 0.3 is 0 Å². The molecule has 0 fully saturated rings. The maximum absolute atomic E-state index is 14.2. The minimum atomic E-state index is -0.386. The molecule has 30 heavy (non-hydrogen) atoms. The number of fused-ring (bicyclic) bond motifs is 1. The van der Waals surface area contributed by atoms with E-state index < -0.39 is 0 Å². The highest BCUT2D eigenvalue weighted by molar-refractivity contribution is 7.99. The summed E-state index contributed by atoms with van der Waals surface area (Å²) in [5, 5.41) is 11.6. The van der Waals surface area contributed by atoms with E-state index in [1.807, 2.05) is 0 Å². The second-order valence-electron chi connectivity index (χ2n) is 6.38. The SMILES string of the molecule is C=CCn1c(SCC(=O)Nc2ccc3c(c2)OCCO3)nnc1-c1ccccc1F. The Morgan fingerprint density at radius 2 is 2.00 bits per heavy atom. The van der Waals surface area contributed by atoms with Crippen LogP contribution >= 0.6 is 11.8 Å². The number of hydrogen-bond acceptors (Lipinski definition) is 6. The number of amides is 1. The van der Waals surface area contributed by atoms with Crippen molar-refractivity contribution in [2.24, 2.45) is 0 Å². The molecule has 0 aliphatic carbocycles. The molecule has 0 bridgehead atoms. The highest BCUT2D eigenvalue weighted by Crippen LogP contribution is 2.33. The maximum atomic E-state index is 14.2. The Morgan fingerprint density at radius 3 is 2.80 bits per heavy atom. The predicted molar refractivity (Wildman–Crippen MR) is 112 cm³/mol. The third-order valence-corrected chi connectivity index (χ3v) is 5.27. The number of hydrogen-bond donors (Lipinski definition) is 1. The number of anilines is 1. The quantitative estimate of drug-likeness (QED) is 0.458. The van der Waals surface area contributed by atoms with Crippen LogP contribution in [0.1, 0.15) is 0 Å². The van der Waals surface area contributed by atoms with Gasteiger partial charge in [0.1, 0.15) is 19.0 Å². The van der Waals surface area contributed by atoms with E-state index in [9.17, 15) is 9.18 Å². The van der Waals surface area contributed by atoms with Crippen molar-refractivity contribution < 1.29 is 18.7 Å². The van der Waals surface area contributed by atoms with Gasteiger partial charge in [0.05, 0.1) is 11.3 Å². The fourth-order valence-electron chi connectivity index (χ4n) is 2.98. The van der Waals surface area contributed by atoms with Gasteiger partial charge in [-0.2, -0.15) is 0 Å². The molecule has 1 aromatic heterocycles. The molecular weight excluding hydrogens is 407 g/mol. The molecule has 1 aliphatic rings. The number of ether oxygens (including phenoxy) is 2. The van der Waals surface area contributed by atoms with Crippen molar-refractivity contribution in [3.05, 3.63) is 60.9 Å². The first-order valence-corrected chi connectivity index (χ1v) is 10.3. The molecule has 3 aromatic rings. The molecule has 0 unspecified atom stereocenters. The highest BCUT2D eigenvalue weighted by atomic mass is 32.2. The van der Waals surface area contributed by atoms with Crippen LogP contribution in [0.5, 0.6) is 11.5 Å². The topological polar surface area (TPSA) is 78.3 Å². The Bertz CT molecular complexity index is 1090. The molecule has 4 rings (SSSR count). The second kappa shape index (κ2) is 9.00. The first-order chi connectivity index (χ1) is 14.7. The van der Waals surface area contributed by atoms with Gasteiger partial charge in [0.25, 0.3) is 0 Å². The summed E-state index contributed by atoms with van der Waals surface area (Å²) >= 11 is 1.22. The molecular formula is C21H19FN4O3S. The summed E-state index contributed by atoms with van der Waals surface area (Å²) in [5.74, 6) is 1.17. The molecule has 7 nitrogen and oxygen atoms in total. The molecule has 1 N–H and O–H groups in total. The summed E-state index contributed by atoms with van der Waals surface area (Å²) in [6, 6.07) is 11.6. The number of carbonyl (C=O) groups excluding carboxylic acids is 1.